The summed E-state index contributed by atoms with van der Waals surface area (Å²) in [7, 11) is 0. The lowest BCUT2D eigenvalue weighted by Gasteiger charge is -2.27. The second kappa shape index (κ2) is 5.46. The van der Waals surface area contributed by atoms with Crippen molar-refractivity contribution in [3.63, 3.8) is 0 Å². The summed E-state index contributed by atoms with van der Waals surface area (Å²) in [6.07, 6.45) is 0. The Morgan fingerprint density at radius 1 is 1.42 bits per heavy atom. The molecule has 0 bridgehead atoms. The van der Waals surface area contributed by atoms with E-state index in [9.17, 15) is 4.79 Å². The van der Waals surface area contributed by atoms with Gasteiger partial charge in [-0.25, -0.2) is 0 Å². The fourth-order valence-corrected chi connectivity index (χ4v) is 0.603. The van der Waals surface area contributed by atoms with Crippen molar-refractivity contribution in [2.45, 2.75) is 34.6 Å². The standard InChI is InChI=1S/C9H19NO.H2S/c1-7(9(3,4)5)6-10-8(2)11;/h7H,6H2,1-5H3,(H,10,11);1H2/t7-;/m0./s1. The number of amides is 1. The molecule has 0 aromatic heterocycles. The van der Waals surface area contributed by atoms with Gasteiger partial charge in [0, 0.05) is 13.5 Å². The molecule has 0 aromatic rings. The molecule has 0 heterocycles. The molecule has 3 heteroatoms. The summed E-state index contributed by atoms with van der Waals surface area (Å²) in [5, 5.41) is 2.81. The van der Waals surface area contributed by atoms with Crippen LogP contribution in [-0.2, 0) is 4.79 Å². The van der Waals surface area contributed by atoms with E-state index in [0.717, 1.165) is 6.54 Å². The van der Waals surface area contributed by atoms with Gasteiger partial charge in [0.1, 0.15) is 0 Å². The van der Waals surface area contributed by atoms with Crippen molar-refractivity contribution in [3.05, 3.63) is 0 Å². The second-order valence-electron chi connectivity index (χ2n) is 4.20. The van der Waals surface area contributed by atoms with Gasteiger partial charge in [0.15, 0.2) is 0 Å². The number of carbonyl (C=O) groups excluding carboxylic acids is 1. The lowest BCUT2D eigenvalue weighted by Crippen LogP contribution is -2.32. The smallest absolute Gasteiger partial charge is 0.216 e. The lowest BCUT2D eigenvalue weighted by molar-refractivity contribution is -0.119. The van der Waals surface area contributed by atoms with Crippen molar-refractivity contribution in [2.24, 2.45) is 11.3 Å². The molecule has 2 nitrogen and oxygen atoms in total. The first-order chi connectivity index (χ1) is 4.84. The summed E-state index contributed by atoms with van der Waals surface area (Å²) in [5.74, 6) is 0.576. The number of carbonyl (C=O) groups is 1. The number of nitrogens with one attached hydrogen (secondary N) is 1. The monoisotopic (exact) mass is 191 g/mol. The van der Waals surface area contributed by atoms with E-state index in [1.807, 2.05) is 0 Å². The molecule has 0 aliphatic carbocycles. The first-order valence-corrected chi connectivity index (χ1v) is 4.08. The molecule has 0 aliphatic rings. The van der Waals surface area contributed by atoms with Crippen molar-refractivity contribution in [1.29, 1.82) is 0 Å². The molecule has 1 amide bonds. The Bertz CT molecular complexity index is 140. The predicted octanol–water partition coefficient (Wildman–Crippen LogP) is 1.92. The molecule has 1 atom stereocenters. The fraction of sp³-hybridized carbons (Fsp3) is 0.889. The Labute approximate surface area is 82.6 Å². The lowest BCUT2D eigenvalue weighted by atomic mass is 9.82. The van der Waals surface area contributed by atoms with E-state index in [2.05, 4.69) is 33.0 Å². The van der Waals surface area contributed by atoms with E-state index < -0.39 is 0 Å². The molecule has 0 saturated carbocycles. The van der Waals surface area contributed by atoms with Crippen LogP contribution in [0.3, 0.4) is 0 Å². The molecule has 74 valence electrons. The second-order valence-corrected chi connectivity index (χ2v) is 4.20. The van der Waals surface area contributed by atoms with E-state index in [-0.39, 0.29) is 24.8 Å². The van der Waals surface area contributed by atoms with Gasteiger partial charge in [-0.15, -0.1) is 0 Å². The van der Waals surface area contributed by atoms with Crippen LogP contribution in [0.25, 0.3) is 0 Å². The van der Waals surface area contributed by atoms with Crippen LogP contribution >= 0.6 is 13.5 Å². The Hall–Kier alpha value is -0.180. The maximum atomic E-state index is 10.6. The number of hydrogen-bond donors (Lipinski definition) is 1. The van der Waals surface area contributed by atoms with Crippen molar-refractivity contribution < 1.29 is 4.79 Å². The van der Waals surface area contributed by atoms with Crippen LogP contribution in [0.4, 0.5) is 0 Å². The van der Waals surface area contributed by atoms with Crippen molar-refractivity contribution in [2.75, 3.05) is 6.54 Å². The molecule has 0 spiro atoms. The van der Waals surface area contributed by atoms with Crippen LogP contribution in [-0.4, -0.2) is 12.5 Å². The number of rotatable bonds is 2. The molecule has 0 radical (unpaired) electrons. The Morgan fingerprint density at radius 3 is 2.08 bits per heavy atom. The summed E-state index contributed by atoms with van der Waals surface area (Å²) >= 11 is 0. The fourth-order valence-electron chi connectivity index (χ4n) is 0.603. The van der Waals surface area contributed by atoms with Crippen LogP contribution in [0, 0.1) is 11.3 Å². The molecule has 1 N–H and O–H groups in total. The Balaban J connectivity index is 0. The predicted molar refractivity (Wildman–Crippen MR) is 57.7 cm³/mol. The van der Waals surface area contributed by atoms with Gasteiger partial charge in [0.25, 0.3) is 0 Å². The van der Waals surface area contributed by atoms with Gasteiger partial charge in [0.2, 0.25) is 5.91 Å². The third-order valence-electron chi connectivity index (χ3n) is 2.14. The first-order valence-electron chi connectivity index (χ1n) is 4.08. The van der Waals surface area contributed by atoms with E-state index >= 15 is 0 Å². The molecule has 0 saturated heterocycles. The van der Waals surface area contributed by atoms with Crippen LogP contribution in [0.5, 0.6) is 0 Å². The molecule has 0 fully saturated rings. The highest BCUT2D eigenvalue weighted by Gasteiger charge is 2.19. The molecule has 12 heavy (non-hydrogen) atoms. The van der Waals surface area contributed by atoms with Gasteiger partial charge in [0.05, 0.1) is 0 Å². The van der Waals surface area contributed by atoms with Crippen molar-refractivity contribution in [1.82, 2.24) is 5.32 Å². The highest BCUT2D eigenvalue weighted by atomic mass is 32.1. The van der Waals surface area contributed by atoms with Gasteiger partial charge in [-0.05, 0) is 11.3 Å². The highest BCUT2D eigenvalue weighted by Crippen LogP contribution is 2.24. The molecule has 0 aliphatic heterocycles. The van der Waals surface area contributed by atoms with Gasteiger partial charge < -0.3 is 5.32 Å². The van der Waals surface area contributed by atoms with Gasteiger partial charge >= 0.3 is 0 Å². The molecule has 0 rings (SSSR count). The largest absolute Gasteiger partial charge is 0.356 e. The average Bonchev–Trinajstić information content (AvgIpc) is 1.80. The highest BCUT2D eigenvalue weighted by molar-refractivity contribution is 7.59. The average molecular weight is 191 g/mol. The topological polar surface area (TPSA) is 29.1 Å². The van der Waals surface area contributed by atoms with Crippen molar-refractivity contribution >= 4 is 19.4 Å². The van der Waals surface area contributed by atoms with E-state index in [1.54, 1.807) is 6.92 Å². The Kier molecular flexibility index (Phi) is 6.53. The van der Waals surface area contributed by atoms with Gasteiger partial charge in [-0.1, -0.05) is 27.7 Å². The van der Waals surface area contributed by atoms with E-state index in [0.29, 0.717) is 5.92 Å². The summed E-state index contributed by atoms with van der Waals surface area (Å²) in [6.45, 7) is 11.0. The summed E-state index contributed by atoms with van der Waals surface area (Å²) in [6, 6.07) is 0. The van der Waals surface area contributed by atoms with Crippen LogP contribution in [0.2, 0.25) is 0 Å². The molecule has 0 unspecified atom stereocenters. The maximum Gasteiger partial charge on any atom is 0.216 e. The van der Waals surface area contributed by atoms with Crippen LogP contribution in [0.1, 0.15) is 34.6 Å². The summed E-state index contributed by atoms with van der Waals surface area (Å²) in [5.41, 5.74) is 0.280. The van der Waals surface area contributed by atoms with Crippen molar-refractivity contribution in [3.8, 4) is 0 Å². The van der Waals surface area contributed by atoms with Crippen LogP contribution < -0.4 is 5.32 Å². The Morgan fingerprint density at radius 2 is 1.83 bits per heavy atom. The minimum absolute atomic E-state index is 0. The minimum Gasteiger partial charge on any atom is -0.356 e. The van der Waals surface area contributed by atoms with Crippen LogP contribution in [0.15, 0.2) is 0 Å². The van der Waals surface area contributed by atoms with E-state index in [1.165, 1.54) is 0 Å². The maximum absolute atomic E-state index is 10.6. The minimum atomic E-state index is 0. The van der Waals surface area contributed by atoms with Gasteiger partial charge in [-0.3, -0.25) is 4.79 Å². The zero-order valence-corrected chi connectivity index (χ0v) is 9.69. The summed E-state index contributed by atoms with van der Waals surface area (Å²) in [4.78, 5) is 10.6. The van der Waals surface area contributed by atoms with E-state index in [4.69, 9.17) is 0 Å². The zero-order valence-electron chi connectivity index (χ0n) is 8.69. The third kappa shape index (κ3) is 6.53. The summed E-state index contributed by atoms with van der Waals surface area (Å²) < 4.78 is 0. The molecule has 0 aromatic carbocycles. The van der Waals surface area contributed by atoms with Gasteiger partial charge in [-0.2, -0.15) is 13.5 Å². The zero-order chi connectivity index (χ0) is 9.07. The number of hydrogen-bond acceptors (Lipinski definition) is 1. The molecular weight excluding hydrogens is 170 g/mol. The quantitative estimate of drug-likeness (QED) is 0.710. The first kappa shape index (κ1) is 14.3. The normalized spacial score (nSPS) is 13.1. The molecular formula is C9H21NOS. The SMILES string of the molecule is CC(=O)NC[C@H](C)C(C)(C)C.S. The third-order valence-corrected chi connectivity index (χ3v) is 2.14.